The van der Waals surface area contributed by atoms with Gasteiger partial charge in [-0.3, -0.25) is 0 Å². The van der Waals surface area contributed by atoms with Gasteiger partial charge in [-0.2, -0.15) is 9.37 Å². The van der Waals surface area contributed by atoms with Crippen LogP contribution < -0.4 is 4.74 Å². The van der Waals surface area contributed by atoms with E-state index in [2.05, 4.69) is 9.72 Å². The number of carbonyl (C=O) groups is 1. The molecule has 0 aromatic carbocycles. The Labute approximate surface area is 86.9 Å². The lowest BCUT2D eigenvalue weighted by Crippen LogP contribution is -2.05. The van der Waals surface area contributed by atoms with Crippen molar-refractivity contribution in [2.24, 2.45) is 0 Å². The summed E-state index contributed by atoms with van der Waals surface area (Å²) >= 11 is 1.66. The largest absolute Gasteiger partial charge is 0.480 e. The van der Waals surface area contributed by atoms with Crippen LogP contribution in [-0.4, -0.2) is 23.2 Å². The minimum atomic E-state index is -1.19. The number of hydrogen-bond acceptors (Lipinski definition) is 3. The third-order valence-electron chi connectivity index (χ3n) is 1.32. The van der Waals surface area contributed by atoms with E-state index in [0.717, 1.165) is 0 Å². The van der Waals surface area contributed by atoms with Crippen LogP contribution in [0.15, 0.2) is 6.07 Å². The summed E-state index contributed by atoms with van der Waals surface area (Å²) in [7, 11) is 1.24. The lowest BCUT2D eigenvalue weighted by atomic mass is 10.3. The number of rotatable bonds is 2. The van der Waals surface area contributed by atoms with Crippen LogP contribution in [0, 0.1) is 9.52 Å². The minimum Gasteiger partial charge on any atom is -0.480 e. The Morgan fingerprint density at radius 1 is 1.77 bits per heavy atom. The summed E-state index contributed by atoms with van der Waals surface area (Å²) in [5.74, 6) is -2.14. The molecule has 0 bridgehead atoms. The number of aromatic nitrogens is 1. The maximum absolute atomic E-state index is 12.8. The monoisotopic (exact) mass is 297 g/mol. The van der Waals surface area contributed by atoms with Crippen molar-refractivity contribution in [2.45, 2.75) is 0 Å². The molecular weight excluding hydrogens is 292 g/mol. The van der Waals surface area contributed by atoms with Gasteiger partial charge in [0.25, 0.3) is 0 Å². The Bertz CT molecular complexity index is 356. The first kappa shape index (κ1) is 10.2. The molecule has 0 atom stereocenters. The first-order chi connectivity index (χ1) is 6.06. The number of aromatic carboxylic acids is 1. The quantitative estimate of drug-likeness (QED) is 0.664. The highest BCUT2D eigenvalue weighted by molar-refractivity contribution is 14.1. The molecule has 0 aliphatic carbocycles. The Balaban J connectivity index is 3.33. The molecule has 0 aliphatic rings. The Morgan fingerprint density at radius 2 is 2.38 bits per heavy atom. The fourth-order valence-corrected chi connectivity index (χ4v) is 1.19. The smallest absolute Gasteiger partial charge is 0.341 e. The first-order valence-corrected chi connectivity index (χ1v) is 4.27. The predicted molar refractivity (Wildman–Crippen MR) is 50.4 cm³/mol. The average molecular weight is 297 g/mol. The van der Waals surface area contributed by atoms with Gasteiger partial charge in [-0.25, -0.2) is 4.79 Å². The maximum atomic E-state index is 12.8. The highest BCUT2D eigenvalue weighted by Crippen LogP contribution is 2.19. The molecule has 1 rings (SSSR count). The van der Waals surface area contributed by atoms with Gasteiger partial charge in [0.2, 0.25) is 11.8 Å². The van der Waals surface area contributed by atoms with Crippen molar-refractivity contribution in [1.82, 2.24) is 4.98 Å². The molecule has 0 aliphatic heterocycles. The van der Waals surface area contributed by atoms with E-state index in [-0.39, 0.29) is 15.0 Å². The fourth-order valence-electron chi connectivity index (χ4n) is 0.760. The van der Waals surface area contributed by atoms with Gasteiger partial charge in [0.15, 0.2) is 0 Å². The minimum absolute atomic E-state index is 0.145. The van der Waals surface area contributed by atoms with Crippen LogP contribution in [0.2, 0.25) is 0 Å². The van der Waals surface area contributed by atoms with Crippen LogP contribution in [0.25, 0.3) is 0 Å². The fraction of sp³-hybridized carbons (Fsp3) is 0.143. The predicted octanol–water partition coefficient (Wildman–Crippen LogP) is 1.53. The standard InChI is InChI=1S/C7H5FINO3/c1-13-6-3(7(11)12)2-4(9)5(8)10-6/h2H,1H3,(H,11,12). The van der Waals surface area contributed by atoms with Crippen LogP contribution in [0.5, 0.6) is 5.88 Å². The molecule has 0 saturated heterocycles. The van der Waals surface area contributed by atoms with Crippen molar-refractivity contribution in [2.75, 3.05) is 7.11 Å². The second-order valence-corrected chi connectivity index (χ2v) is 3.29. The third-order valence-corrected chi connectivity index (χ3v) is 2.08. The van der Waals surface area contributed by atoms with E-state index in [9.17, 15) is 9.18 Å². The summed E-state index contributed by atoms with van der Waals surface area (Å²) in [6, 6.07) is 1.17. The second kappa shape index (κ2) is 3.86. The summed E-state index contributed by atoms with van der Waals surface area (Å²) < 4.78 is 17.6. The molecular formula is C7H5FINO3. The van der Waals surface area contributed by atoms with Crippen LogP contribution in [0.4, 0.5) is 4.39 Å². The average Bonchev–Trinajstić information content (AvgIpc) is 2.08. The van der Waals surface area contributed by atoms with Crippen LogP contribution in [0.3, 0.4) is 0 Å². The van der Waals surface area contributed by atoms with Gasteiger partial charge in [-0.05, 0) is 28.7 Å². The molecule has 4 nitrogen and oxygen atoms in total. The van der Waals surface area contributed by atoms with Crippen molar-refractivity contribution in [3.63, 3.8) is 0 Å². The SMILES string of the molecule is COc1nc(F)c(I)cc1C(=O)O. The lowest BCUT2D eigenvalue weighted by Gasteiger charge is -2.03. The molecule has 0 spiro atoms. The zero-order valence-electron chi connectivity index (χ0n) is 6.54. The van der Waals surface area contributed by atoms with E-state index in [1.54, 1.807) is 22.6 Å². The Morgan fingerprint density at radius 3 is 2.85 bits per heavy atom. The molecule has 13 heavy (non-hydrogen) atoms. The maximum Gasteiger partial charge on any atom is 0.341 e. The lowest BCUT2D eigenvalue weighted by molar-refractivity contribution is 0.0692. The first-order valence-electron chi connectivity index (χ1n) is 3.19. The van der Waals surface area contributed by atoms with Crippen molar-refractivity contribution in [3.05, 3.63) is 21.1 Å². The van der Waals surface area contributed by atoms with E-state index >= 15 is 0 Å². The summed E-state index contributed by atoms with van der Waals surface area (Å²) in [5, 5.41) is 8.67. The summed E-state index contributed by atoms with van der Waals surface area (Å²) in [4.78, 5) is 13.9. The van der Waals surface area contributed by atoms with E-state index < -0.39 is 11.9 Å². The van der Waals surface area contributed by atoms with Crippen molar-refractivity contribution >= 4 is 28.6 Å². The zero-order valence-corrected chi connectivity index (χ0v) is 8.70. The number of carboxylic acid groups (broad SMARTS) is 1. The van der Waals surface area contributed by atoms with Gasteiger partial charge < -0.3 is 9.84 Å². The summed E-state index contributed by atoms with van der Waals surface area (Å²) in [6.07, 6.45) is 0. The number of nitrogens with zero attached hydrogens (tertiary/aromatic N) is 1. The zero-order chi connectivity index (χ0) is 10.0. The number of ether oxygens (including phenoxy) is 1. The molecule has 0 amide bonds. The van der Waals surface area contributed by atoms with Crippen LogP contribution in [-0.2, 0) is 0 Å². The normalized spacial score (nSPS) is 9.77. The molecule has 0 fully saturated rings. The second-order valence-electron chi connectivity index (χ2n) is 2.12. The van der Waals surface area contributed by atoms with Crippen molar-refractivity contribution in [1.29, 1.82) is 0 Å². The van der Waals surface area contributed by atoms with E-state index in [4.69, 9.17) is 5.11 Å². The van der Waals surface area contributed by atoms with Gasteiger partial charge in [-0.1, -0.05) is 0 Å². The topological polar surface area (TPSA) is 59.4 Å². The molecule has 1 heterocycles. The number of carboxylic acids is 1. The van der Waals surface area contributed by atoms with E-state index in [0.29, 0.717) is 0 Å². The molecule has 0 radical (unpaired) electrons. The van der Waals surface area contributed by atoms with Gasteiger partial charge in [0.05, 0.1) is 10.7 Å². The molecule has 1 aromatic heterocycles. The van der Waals surface area contributed by atoms with Crippen molar-refractivity contribution in [3.8, 4) is 5.88 Å². The van der Waals surface area contributed by atoms with Gasteiger partial charge in [0, 0.05) is 0 Å². The van der Waals surface area contributed by atoms with Gasteiger partial charge in [0.1, 0.15) is 5.56 Å². The number of halogens is 2. The molecule has 0 unspecified atom stereocenters. The number of pyridine rings is 1. The molecule has 70 valence electrons. The third kappa shape index (κ3) is 2.06. The van der Waals surface area contributed by atoms with Crippen LogP contribution >= 0.6 is 22.6 Å². The summed E-state index contributed by atoms with van der Waals surface area (Å²) in [5.41, 5.74) is -0.145. The summed E-state index contributed by atoms with van der Waals surface area (Å²) in [6.45, 7) is 0. The Kier molecular flexibility index (Phi) is 3.02. The number of methoxy groups -OCH3 is 1. The highest BCUT2D eigenvalue weighted by atomic mass is 127. The molecule has 6 heteroatoms. The Hall–Kier alpha value is -0.920. The van der Waals surface area contributed by atoms with Gasteiger partial charge in [-0.15, -0.1) is 0 Å². The highest BCUT2D eigenvalue weighted by Gasteiger charge is 2.15. The number of hydrogen-bond donors (Lipinski definition) is 1. The molecule has 0 saturated carbocycles. The molecule has 1 aromatic rings. The van der Waals surface area contributed by atoms with Crippen molar-refractivity contribution < 1.29 is 19.0 Å². The van der Waals surface area contributed by atoms with Crippen LogP contribution in [0.1, 0.15) is 10.4 Å². The van der Waals surface area contributed by atoms with E-state index in [1.165, 1.54) is 13.2 Å². The van der Waals surface area contributed by atoms with E-state index in [1.807, 2.05) is 0 Å². The van der Waals surface area contributed by atoms with Gasteiger partial charge >= 0.3 is 5.97 Å². The molecule has 1 N–H and O–H groups in total.